The van der Waals surface area contributed by atoms with Crippen LogP contribution in [0.2, 0.25) is 0 Å². The van der Waals surface area contributed by atoms with Crippen molar-refractivity contribution in [3.05, 3.63) is 34.8 Å². The van der Waals surface area contributed by atoms with Gasteiger partial charge in [0.2, 0.25) is 5.91 Å². The van der Waals surface area contributed by atoms with Gasteiger partial charge in [-0.3, -0.25) is 13.9 Å². The van der Waals surface area contributed by atoms with Gasteiger partial charge in [-0.05, 0) is 6.92 Å². The Labute approximate surface area is 130 Å². The van der Waals surface area contributed by atoms with Gasteiger partial charge < -0.3 is 15.7 Å². The van der Waals surface area contributed by atoms with E-state index in [-0.39, 0.29) is 31.4 Å². The molecule has 0 aromatic carbocycles. The molecule has 2 heterocycles. The molecular formula is C11H17N7O5. The molecule has 0 aliphatic rings. The zero-order chi connectivity index (χ0) is 17.0. The minimum Gasteiger partial charge on any atom is -0.594 e. The van der Waals surface area contributed by atoms with E-state index < -0.39 is 16.4 Å². The number of aryl methyl sites for hydroxylation is 1. The highest BCUT2D eigenvalue weighted by Crippen LogP contribution is 2.05. The van der Waals surface area contributed by atoms with Crippen LogP contribution < -0.4 is 15.8 Å². The number of amides is 1. The topological polar surface area (TPSA) is 160 Å². The molecule has 2 unspecified atom stereocenters. The lowest BCUT2D eigenvalue weighted by Crippen LogP contribution is -3.00. The Hall–Kier alpha value is -2.35. The van der Waals surface area contributed by atoms with Crippen molar-refractivity contribution in [3.63, 3.8) is 0 Å². The minimum atomic E-state index is -1.22. The van der Waals surface area contributed by atoms with Crippen molar-refractivity contribution in [2.75, 3.05) is 6.54 Å². The molecule has 0 bridgehead atoms. The number of nitrogens with one attached hydrogen (secondary N) is 3. The molecule has 0 saturated heterocycles. The summed E-state index contributed by atoms with van der Waals surface area (Å²) < 4.78 is 2.69. The number of hydrogen-bond donors (Lipinski definition) is 5. The highest BCUT2D eigenvalue weighted by atomic mass is 16.8. The zero-order valence-corrected chi connectivity index (χ0v) is 12.3. The number of carbonyl (C=O) groups is 1. The Morgan fingerprint density at radius 1 is 1.35 bits per heavy atom. The van der Waals surface area contributed by atoms with Crippen LogP contribution in [-0.2, 0) is 17.9 Å². The molecule has 0 aliphatic carbocycles. The summed E-state index contributed by atoms with van der Waals surface area (Å²) in [5.41, 5.74) is 0. The van der Waals surface area contributed by atoms with Crippen molar-refractivity contribution in [1.82, 2.24) is 24.4 Å². The summed E-state index contributed by atoms with van der Waals surface area (Å²) in [4.78, 5) is 19.4. The van der Waals surface area contributed by atoms with Gasteiger partial charge in [-0.2, -0.15) is 15.4 Å². The van der Waals surface area contributed by atoms with Crippen molar-refractivity contribution >= 4 is 17.7 Å². The molecule has 0 saturated carbocycles. The largest absolute Gasteiger partial charge is 0.594 e. The summed E-state index contributed by atoms with van der Waals surface area (Å²) in [5, 5.41) is 40.1. The molecule has 126 valence electrons. The quantitative estimate of drug-likeness (QED) is 0.339. The van der Waals surface area contributed by atoms with E-state index in [0.717, 1.165) is 0 Å². The van der Waals surface area contributed by atoms with Gasteiger partial charge in [-0.25, -0.2) is 15.4 Å². The van der Waals surface area contributed by atoms with E-state index in [1.54, 1.807) is 6.92 Å². The maximum absolute atomic E-state index is 11.8. The first kappa shape index (κ1) is 17.0. The highest BCUT2D eigenvalue weighted by molar-refractivity contribution is 5.75. The van der Waals surface area contributed by atoms with Gasteiger partial charge >= 0.3 is 5.95 Å². The monoisotopic (exact) mass is 327 g/mol. The first-order chi connectivity index (χ1) is 10.9. The minimum absolute atomic E-state index is 0.0412. The summed E-state index contributed by atoms with van der Waals surface area (Å²) >= 11 is 0. The normalized spacial score (nSPS) is 13.8. The number of quaternary nitrogens is 2. The van der Waals surface area contributed by atoms with Gasteiger partial charge in [0.25, 0.3) is 5.82 Å². The van der Waals surface area contributed by atoms with Crippen LogP contribution in [0.1, 0.15) is 5.82 Å². The lowest BCUT2D eigenvalue weighted by atomic mass is 10.5. The van der Waals surface area contributed by atoms with Crippen LogP contribution in [0.25, 0.3) is 0 Å². The lowest BCUT2D eigenvalue weighted by molar-refractivity contribution is -0.995. The molecule has 0 fully saturated rings. The average molecular weight is 327 g/mol. The van der Waals surface area contributed by atoms with E-state index >= 15 is 0 Å². The summed E-state index contributed by atoms with van der Waals surface area (Å²) in [6, 6.07) is 0. The molecule has 0 spiro atoms. The van der Waals surface area contributed by atoms with E-state index in [0.29, 0.717) is 5.82 Å². The van der Waals surface area contributed by atoms with Crippen LogP contribution in [0.15, 0.2) is 18.6 Å². The summed E-state index contributed by atoms with van der Waals surface area (Å²) in [6.07, 6.45) is 3.94. The van der Waals surface area contributed by atoms with Gasteiger partial charge in [0.05, 0.1) is 6.20 Å². The highest BCUT2D eigenvalue weighted by Gasteiger charge is 2.14. The van der Waals surface area contributed by atoms with E-state index in [1.165, 1.54) is 27.7 Å². The second-order valence-electron chi connectivity index (χ2n) is 4.68. The number of hydrogen-bond acceptors (Lipinski definition) is 7. The first-order valence-electron chi connectivity index (χ1n) is 6.66. The summed E-state index contributed by atoms with van der Waals surface area (Å²) in [5.74, 6) is -0.0575. The number of rotatable bonds is 7. The van der Waals surface area contributed by atoms with Crippen LogP contribution in [0.4, 0.5) is 11.8 Å². The third-order valence-electron chi connectivity index (χ3n) is 3.15. The molecule has 5 N–H and O–H groups in total. The first-order valence-corrected chi connectivity index (χ1v) is 6.66. The van der Waals surface area contributed by atoms with Crippen molar-refractivity contribution < 1.29 is 25.7 Å². The standard InChI is InChI=1S/C11H17N7O5/c1-8-14-6-10(17(20)21)16(8)5-3-12-9(19)7-15-4-2-13-11(15)18(22)23/h2,4,6,17-18,20,22H,3,5,7H2,1H3,(H,12,19). The molecule has 2 aromatic rings. The molecule has 23 heavy (non-hydrogen) atoms. The maximum atomic E-state index is 11.8. The number of aromatic nitrogens is 4. The van der Waals surface area contributed by atoms with Gasteiger partial charge in [-0.1, -0.05) is 0 Å². The van der Waals surface area contributed by atoms with E-state index in [2.05, 4.69) is 15.3 Å². The number of carbonyl (C=O) groups excluding carboxylic acids is 1. The van der Waals surface area contributed by atoms with Crippen molar-refractivity contribution in [2.45, 2.75) is 20.0 Å². The second-order valence-corrected chi connectivity index (χ2v) is 4.68. The third-order valence-corrected chi connectivity index (χ3v) is 3.15. The molecule has 0 aliphatic heterocycles. The van der Waals surface area contributed by atoms with Gasteiger partial charge in [0.1, 0.15) is 18.6 Å². The van der Waals surface area contributed by atoms with Crippen molar-refractivity contribution in [1.29, 1.82) is 0 Å². The fourth-order valence-electron chi connectivity index (χ4n) is 2.07. The second kappa shape index (κ2) is 7.28. The smallest absolute Gasteiger partial charge is 0.341 e. The summed E-state index contributed by atoms with van der Waals surface area (Å²) in [6.45, 7) is 1.91. The van der Waals surface area contributed by atoms with E-state index in [1.807, 2.05) is 0 Å². The lowest BCUT2D eigenvalue weighted by Gasteiger charge is -2.15. The van der Waals surface area contributed by atoms with Crippen LogP contribution in [-0.4, -0.2) is 42.0 Å². The van der Waals surface area contributed by atoms with Gasteiger partial charge in [0, 0.05) is 19.3 Å². The SMILES string of the molecule is Cc1ncc([NH+]([O-])O)n1CCNC(=O)Cn1ccnc1[NH+]([O-])O. The Balaban J connectivity index is 1.88. The maximum Gasteiger partial charge on any atom is 0.341 e. The average Bonchev–Trinajstić information content (AvgIpc) is 3.06. The molecule has 1 amide bonds. The fraction of sp³-hybridized carbons (Fsp3) is 0.364. The van der Waals surface area contributed by atoms with Crippen molar-refractivity contribution in [2.24, 2.45) is 0 Å². The molecule has 12 nitrogen and oxygen atoms in total. The number of imidazole rings is 2. The van der Waals surface area contributed by atoms with Crippen molar-refractivity contribution in [3.8, 4) is 0 Å². The Morgan fingerprint density at radius 3 is 2.74 bits per heavy atom. The van der Waals surface area contributed by atoms with Crippen LogP contribution in [0, 0.1) is 17.3 Å². The zero-order valence-electron chi connectivity index (χ0n) is 12.3. The third kappa shape index (κ3) is 4.10. The van der Waals surface area contributed by atoms with Crippen LogP contribution >= 0.6 is 0 Å². The molecule has 0 radical (unpaired) electrons. The van der Waals surface area contributed by atoms with E-state index in [4.69, 9.17) is 10.4 Å². The fourth-order valence-corrected chi connectivity index (χ4v) is 2.07. The summed E-state index contributed by atoms with van der Waals surface area (Å²) in [7, 11) is 0. The van der Waals surface area contributed by atoms with Gasteiger partial charge in [-0.15, -0.1) is 0 Å². The Bertz CT molecular complexity index is 666. The molecule has 2 atom stereocenters. The number of nitrogens with zero attached hydrogens (tertiary/aromatic N) is 4. The van der Waals surface area contributed by atoms with E-state index in [9.17, 15) is 15.2 Å². The predicted molar refractivity (Wildman–Crippen MR) is 73.8 cm³/mol. The predicted octanol–water partition coefficient (Wildman–Crippen LogP) is -2.99. The molecule has 12 heteroatoms. The Kier molecular flexibility index (Phi) is 5.38. The Morgan fingerprint density at radius 2 is 2.09 bits per heavy atom. The molecule has 2 rings (SSSR count). The van der Waals surface area contributed by atoms with Gasteiger partial charge in [0.15, 0.2) is 0 Å². The van der Waals surface area contributed by atoms with Crippen LogP contribution in [0.5, 0.6) is 0 Å². The molecular weight excluding hydrogens is 310 g/mol. The molecule has 2 aromatic heterocycles. The van der Waals surface area contributed by atoms with Crippen LogP contribution in [0.3, 0.4) is 0 Å².